The summed E-state index contributed by atoms with van der Waals surface area (Å²) in [6.45, 7) is 8.54. The molecule has 2 rings (SSSR count). The molecule has 0 fully saturated rings. The van der Waals surface area contributed by atoms with Crippen LogP contribution in [0.2, 0.25) is 0 Å². The van der Waals surface area contributed by atoms with E-state index in [1.807, 2.05) is 37.3 Å². The number of hydrogen-bond donors (Lipinski definition) is 0. The number of nitrogens with zero attached hydrogens (tertiary/aromatic N) is 1. The maximum absolute atomic E-state index is 12.8. The van der Waals surface area contributed by atoms with E-state index in [4.69, 9.17) is 9.47 Å². The first kappa shape index (κ1) is 19.8. The van der Waals surface area contributed by atoms with Crippen molar-refractivity contribution in [2.24, 2.45) is 0 Å². The maximum Gasteiger partial charge on any atom is 0.263 e. The zero-order valence-electron chi connectivity index (χ0n) is 16.6. The van der Waals surface area contributed by atoms with Gasteiger partial charge in [0.1, 0.15) is 11.5 Å². The van der Waals surface area contributed by atoms with Crippen molar-refractivity contribution in [1.82, 2.24) is 4.90 Å². The van der Waals surface area contributed by atoms with Crippen molar-refractivity contribution in [1.29, 1.82) is 0 Å². The van der Waals surface area contributed by atoms with Crippen molar-refractivity contribution in [2.45, 2.75) is 46.3 Å². The van der Waals surface area contributed by atoms with Crippen LogP contribution in [0.3, 0.4) is 0 Å². The van der Waals surface area contributed by atoms with Gasteiger partial charge in [0.05, 0.1) is 7.11 Å². The Bertz CT molecular complexity index is 755. The van der Waals surface area contributed by atoms with Crippen molar-refractivity contribution >= 4 is 5.91 Å². The summed E-state index contributed by atoms with van der Waals surface area (Å²) in [4.78, 5) is 14.5. The minimum atomic E-state index is -0.561. The van der Waals surface area contributed by atoms with Crippen molar-refractivity contribution in [3.63, 3.8) is 0 Å². The molecule has 0 heterocycles. The molecule has 140 valence electrons. The Hall–Kier alpha value is -2.49. The van der Waals surface area contributed by atoms with Crippen LogP contribution < -0.4 is 9.47 Å². The van der Waals surface area contributed by atoms with Gasteiger partial charge in [0, 0.05) is 19.2 Å². The number of aryl methyl sites for hydroxylation is 1. The zero-order valence-corrected chi connectivity index (χ0v) is 16.6. The van der Waals surface area contributed by atoms with Crippen LogP contribution in [0.4, 0.5) is 0 Å². The van der Waals surface area contributed by atoms with Gasteiger partial charge in [-0.2, -0.15) is 0 Å². The molecule has 0 saturated carbocycles. The molecule has 0 N–H and O–H groups in total. The predicted octanol–water partition coefficient (Wildman–Crippen LogP) is 4.55. The van der Waals surface area contributed by atoms with Gasteiger partial charge in [-0.05, 0) is 43.0 Å². The number of carbonyl (C=O) groups is 1. The monoisotopic (exact) mass is 355 g/mol. The molecule has 0 aliphatic carbocycles. The van der Waals surface area contributed by atoms with E-state index in [1.54, 1.807) is 26.0 Å². The van der Waals surface area contributed by atoms with Crippen LogP contribution in [0.1, 0.15) is 43.4 Å². The van der Waals surface area contributed by atoms with Gasteiger partial charge in [-0.3, -0.25) is 4.79 Å². The van der Waals surface area contributed by atoms with Crippen LogP contribution in [0.15, 0.2) is 42.5 Å². The highest BCUT2D eigenvalue weighted by Crippen LogP contribution is 2.28. The van der Waals surface area contributed by atoms with Gasteiger partial charge in [0.25, 0.3) is 5.91 Å². The van der Waals surface area contributed by atoms with E-state index in [2.05, 4.69) is 26.0 Å². The third-order valence-corrected chi connectivity index (χ3v) is 4.42. The summed E-state index contributed by atoms with van der Waals surface area (Å²) in [5.74, 6) is 1.83. The first-order chi connectivity index (χ1) is 12.3. The number of benzene rings is 2. The second-order valence-corrected chi connectivity index (χ2v) is 6.96. The van der Waals surface area contributed by atoms with Crippen LogP contribution in [0.25, 0.3) is 0 Å². The van der Waals surface area contributed by atoms with E-state index >= 15 is 0 Å². The summed E-state index contributed by atoms with van der Waals surface area (Å²) >= 11 is 0. The Labute approximate surface area is 156 Å². The topological polar surface area (TPSA) is 38.8 Å². The van der Waals surface area contributed by atoms with Crippen molar-refractivity contribution in [3.8, 4) is 11.5 Å². The molecule has 1 atom stereocenters. The Balaban J connectivity index is 2.11. The molecule has 26 heavy (non-hydrogen) atoms. The molecule has 0 aliphatic heterocycles. The van der Waals surface area contributed by atoms with Crippen molar-refractivity contribution < 1.29 is 14.3 Å². The number of para-hydroxylation sites is 1. The molecular weight excluding hydrogens is 326 g/mol. The van der Waals surface area contributed by atoms with Crippen LogP contribution in [-0.4, -0.2) is 31.1 Å². The molecule has 2 aromatic carbocycles. The van der Waals surface area contributed by atoms with E-state index in [9.17, 15) is 4.79 Å². The lowest BCUT2D eigenvalue weighted by Crippen LogP contribution is -2.37. The third kappa shape index (κ3) is 4.78. The minimum Gasteiger partial charge on any atom is -0.496 e. The van der Waals surface area contributed by atoms with Crippen LogP contribution >= 0.6 is 0 Å². The van der Waals surface area contributed by atoms with Gasteiger partial charge in [-0.15, -0.1) is 0 Å². The number of methoxy groups -OCH3 is 1. The van der Waals surface area contributed by atoms with Gasteiger partial charge in [-0.25, -0.2) is 0 Å². The number of amides is 1. The van der Waals surface area contributed by atoms with Crippen molar-refractivity contribution in [2.75, 3.05) is 14.2 Å². The summed E-state index contributed by atoms with van der Waals surface area (Å²) in [5, 5.41) is 0. The standard InChI is InChI=1S/C22H29NO3/c1-15(2)19-12-11-16(3)13-21(19)26-17(4)22(24)23(5)14-18-9-7-8-10-20(18)25-6/h7-13,15,17H,14H2,1-6H3/t17-/m0/s1. The molecule has 0 aromatic heterocycles. The Kier molecular flexibility index (Phi) is 6.67. The van der Waals surface area contributed by atoms with E-state index in [0.717, 1.165) is 28.2 Å². The Morgan fingerprint density at radius 2 is 1.77 bits per heavy atom. The molecule has 1 amide bonds. The third-order valence-electron chi connectivity index (χ3n) is 4.42. The number of rotatable bonds is 7. The number of carbonyl (C=O) groups excluding carboxylic acids is 1. The SMILES string of the molecule is COc1ccccc1CN(C)C(=O)[C@H](C)Oc1cc(C)ccc1C(C)C. The van der Waals surface area contributed by atoms with Crippen molar-refractivity contribution in [3.05, 3.63) is 59.2 Å². The van der Waals surface area contributed by atoms with Crippen LogP contribution in [0, 0.1) is 6.92 Å². The molecule has 2 aromatic rings. The minimum absolute atomic E-state index is 0.0629. The highest BCUT2D eigenvalue weighted by atomic mass is 16.5. The molecule has 0 unspecified atom stereocenters. The Morgan fingerprint density at radius 3 is 2.42 bits per heavy atom. The smallest absolute Gasteiger partial charge is 0.263 e. The lowest BCUT2D eigenvalue weighted by atomic mass is 10.0. The fraction of sp³-hybridized carbons (Fsp3) is 0.409. The molecule has 0 spiro atoms. The molecule has 4 heteroatoms. The van der Waals surface area contributed by atoms with Crippen LogP contribution in [-0.2, 0) is 11.3 Å². The highest BCUT2D eigenvalue weighted by molar-refractivity contribution is 5.80. The summed E-state index contributed by atoms with van der Waals surface area (Å²) in [6.07, 6.45) is -0.561. The van der Waals surface area contributed by atoms with Gasteiger partial charge < -0.3 is 14.4 Å². The molecule has 0 aliphatic rings. The largest absolute Gasteiger partial charge is 0.496 e. The first-order valence-electron chi connectivity index (χ1n) is 8.97. The van der Waals surface area contributed by atoms with E-state index in [0.29, 0.717) is 12.5 Å². The fourth-order valence-electron chi connectivity index (χ4n) is 2.94. The second-order valence-electron chi connectivity index (χ2n) is 6.96. The average Bonchev–Trinajstić information content (AvgIpc) is 2.61. The molecule has 0 bridgehead atoms. The zero-order chi connectivity index (χ0) is 19.3. The summed E-state index contributed by atoms with van der Waals surface area (Å²) in [7, 11) is 3.42. The molecule has 4 nitrogen and oxygen atoms in total. The lowest BCUT2D eigenvalue weighted by Gasteiger charge is -2.24. The number of ether oxygens (including phenoxy) is 2. The molecule has 0 radical (unpaired) electrons. The molecule has 0 saturated heterocycles. The lowest BCUT2D eigenvalue weighted by molar-refractivity contribution is -0.137. The van der Waals surface area contributed by atoms with Gasteiger partial charge in [-0.1, -0.05) is 44.2 Å². The summed E-state index contributed by atoms with van der Waals surface area (Å²) < 4.78 is 11.4. The number of likely N-dealkylation sites (N-methyl/N-ethyl adjacent to an activating group) is 1. The van der Waals surface area contributed by atoms with Crippen LogP contribution in [0.5, 0.6) is 11.5 Å². The fourth-order valence-corrected chi connectivity index (χ4v) is 2.94. The number of hydrogen-bond acceptors (Lipinski definition) is 3. The molecular formula is C22H29NO3. The van der Waals surface area contributed by atoms with Gasteiger partial charge in [0.2, 0.25) is 0 Å². The highest BCUT2D eigenvalue weighted by Gasteiger charge is 2.22. The van der Waals surface area contributed by atoms with E-state index in [-0.39, 0.29) is 5.91 Å². The summed E-state index contributed by atoms with van der Waals surface area (Å²) in [6, 6.07) is 13.9. The normalized spacial score (nSPS) is 12.0. The first-order valence-corrected chi connectivity index (χ1v) is 8.97. The van der Waals surface area contributed by atoms with E-state index in [1.165, 1.54) is 0 Å². The summed E-state index contributed by atoms with van der Waals surface area (Å²) in [5.41, 5.74) is 3.20. The van der Waals surface area contributed by atoms with E-state index < -0.39 is 6.10 Å². The predicted molar refractivity (Wildman–Crippen MR) is 105 cm³/mol. The quantitative estimate of drug-likeness (QED) is 0.731. The second kappa shape index (κ2) is 8.75. The average molecular weight is 355 g/mol. The Morgan fingerprint density at radius 1 is 1.08 bits per heavy atom. The maximum atomic E-state index is 12.8. The van der Waals surface area contributed by atoms with Gasteiger partial charge >= 0.3 is 0 Å². The van der Waals surface area contributed by atoms with Gasteiger partial charge in [0.15, 0.2) is 6.10 Å².